The van der Waals surface area contributed by atoms with Crippen LogP contribution < -0.4 is 5.32 Å². The van der Waals surface area contributed by atoms with Crippen LogP contribution in [0.25, 0.3) is 0 Å². The van der Waals surface area contributed by atoms with Gasteiger partial charge in [-0.1, -0.05) is 404 Å². The molecule has 0 aliphatic carbocycles. The normalized spacial score (nSPS) is 12.6. The van der Waals surface area contributed by atoms with Gasteiger partial charge in [0.15, 0.2) is 0 Å². The third kappa shape index (κ3) is 71.4. The summed E-state index contributed by atoms with van der Waals surface area (Å²) in [7, 11) is 0. The largest absolute Gasteiger partial charge is 0.466 e. The van der Waals surface area contributed by atoms with Crippen LogP contribution in [0.15, 0.2) is 24.3 Å². The van der Waals surface area contributed by atoms with Crippen LogP contribution in [0.1, 0.15) is 450 Å². The minimum atomic E-state index is -0.660. The number of hydrogen-bond acceptors (Lipinski definition) is 5. The van der Waals surface area contributed by atoms with Crippen molar-refractivity contribution in [2.75, 3.05) is 13.2 Å². The van der Waals surface area contributed by atoms with Crippen LogP contribution in [-0.4, -0.2) is 47.4 Å². The summed E-state index contributed by atoms with van der Waals surface area (Å²) < 4.78 is 5.51. The standard InChI is InChI=1S/C80H155NO5/c1-3-5-7-9-11-13-15-17-19-41-46-50-54-58-62-66-70-74-80(85)86-75-71-67-63-59-55-51-47-43-40-38-36-34-32-30-28-26-24-22-20-21-23-25-27-29-31-33-35-37-39-42-45-49-53-57-61-65-69-73-79(84)81-77(76-82)78(83)72-68-64-60-56-52-48-44-18-16-14-12-10-8-6-4-2/h11,13,17,19,77-78,82-83H,3-10,12,14-16,18,20-76H2,1-2H3,(H,81,84)/b13-11-,19-17-. The molecule has 0 aliphatic rings. The van der Waals surface area contributed by atoms with Gasteiger partial charge in [0, 0.05) is 12.8 Å². The van der Waals surface area contributed by atoms with E-state index in [9.17, 15) is 19.8 Å². The number of nitrogens with one attached hydrogen (secondary N) is 1. The first-order valence-electron chi connectivity index (χ1n) is 39.6. The van der Waals surface area contributed by atoms with Crippen molar-refractivity contribution in [1.82, 2.24) is 5.32 Å². The molecular weight excluding hydrogens is 1050 g/mol. The van der Waals surface area contributed by atoms with Gasteiger partial charge >= 0.3 is 5.97 Å². The lowest BCUT2D eigenvalue weighted by Crippen LogP contribution is -2.45. The van der Waals surface area contributed by atoms with Crippen LogP contribution in [0.5, 0.6) is 0 Å². The lowest BCUT2D eigenvalue weighted by atomic mass is 10.0. The molecular formula is C80H155NO5. The molecule has 3 N–H and O–H groups in total. The number of carbonyl (C=O) groups excluding carboxylic acids is 2. The molecule has 0 bridgehead atoms. The lowest BCUT2D eigenvalue weighted by Gasteiger charge is -2.22. The topological polar surface area (TPSA) is 95.9 Å². The van der Waals surface area contributed by atoms with Gasteiger partial charge in [-0.05, 0) is 57.8 Å². The zero-order valence-corrected chi connectivity index (χ0v) is 58.6. The Labute approximate surface area is 539 Å². The lowest BCUT2D eigenvalue weighted by molar-refractivity contribution is -0.143. The Kier molecular flexibility index (Phi) is 74.3. The monoisotopic (exact) mass is 1210 g/mol. The van der Waals surface area contributed by atoms with E-state index in [0.717, 1.165) is 51.4 Å². The molecule has 2 atom stereocenters. The number of allylic oxidation sites excluding steroid dienone is 4. The number of aliphatic hydroxyl groups excluding tert-OH is 2. The molecule has 6 nitrogen and oxygen atoms in total. The maximum absolute atomic E-state index is 12.5. The van der Waals surface area contributed by atoms with Crippen LogP contribution in [0, 0.1) is 0 Å². The Morgan fingerprint density at radius 2 is 0.581 bits per heavy atom. The second-order valence-electron chi connectivity index (χ2n) is 27.4. The number of rotatable bonds is 75. The van der Waals surface area contributed by atoms with Crippen LogP contribution in [0.2, 0.25) is 0 Å². The van der Waals surface area contributed by atoms with Gasteiger partial charge in [-0.25, -0.2) is 0 Å². The molecule has 510 valence electrons. The molecule has 2 unspecified atom stereocenters. The van der Waals surface area contributed by atoms with E-state index < -0.39 is 12.1 Å². The summed E-state index contributed by atoms with van der Waals surface area (Å²) in [5.74, 6) is -0.00919. The van der Waals surface area contributed by atoms with Crippen LogP contribution >= 0.6 is 0 Å². The fourth-order valence-electron chi connectivity index (χ4n) is 12.7. The fourth-order valence-corrected chi connectivity index (χ4v) is 12.7. The fraction of sp³-hybridized carbons (Fsp3) is 0.925. The Morgan fingerprint density at radius 1 is 0.326 bits per heavy atom. The first kappa shape index (κ1) is 84.3. The quantitative estimate of drug-likeness (QED) is 0.0320. The summed E-state index contributed by atoms with van der Waals surface area (Å²) in [6.07, 6.45) is 97.1. The number of ether oxygens (including phenoxy) is 1. The number of unbranched alkanes of at least 4 members (excludes halogenated alkanes) is 60. The van der Waals surface area contributed by atoms with Crippen molar-refractivity contribution in [2.45, 2.75) is 463 Å². The molecule has 0 aromatic carbocycles. The molecule has 6 heteroatoms. The number of amides is 1. The summed E-state index contributed by atoms with van der Waals surface area (Å²) >= 11 is 0. The molecule has 0 aliphatic heterocycles. The average molecular weight is 1210 g/mol. The highest BCUT2D eigenvalue weighted by Gasteiger charge is 2.20. The summed E-state index contributed by atoms with van der Waals surface area (Å²) in [6.45, 7) is 4.97. The molecule has 0 saturated heterocycles. The Morgan fingerprint density at radius 3 is 0.907 bits per heavy atom. The van der Waals surface area contributed by atoms with E-state index in [1.165, 1.54) is 366 Å². The second kappa shape index (κ2) is 75.8. The van der Waals surface area contributed by atoms with Crippen LogP contribution in [0.4, 0.5) is 0 Å². The number of esters is 1. The molecule has 0 spiro atoms. The summed E-state index contributed by atoms with van der Waals surface area (Å²) in [6, 6.07) is -0.536. The van der Waals surface area contributed by atoms with E-state index >= 15 is 0 Å². The predicted molar refractivity (Wildman–Crippen MR) is 380 cm³/mol. The van der Waals surface area contributed by atoms with Crippen molar-refractivity contribution in [3.8, 4) is 0 Å². The van der Waals surface area contributed by atoms with Gasteiger partial charge in [-0.3, -0.25) is 9.59 Å². The maximum atomic E-state index is 12.5. The van der Waals surface area contributed by atoms with Gasteiger partial charge in [0.25, 0.3) is 0 Å². The number of carbonyl (C=O) groups is 2. The minimum absolute atomic E-state index is 0.0164. The SMILES string of the molecule is CCCCC/C=C\C/C=C\CCCCCCCCCC(=O)OCCCCCCCCCCCCCCCCCCCCCCCCCCCCCCCCCCCCCCCC(=O)NC(CO)C(O)CCCCCCCCCCCCCCCCC. The van der Waals surface area contributed by atoms with E-state index in [4.69, 9.17) is 4.74 Å². The van der Waals surface area contributed by atoms with Crippen LogP contribution in [-0.2, 0) is 14.3 Å². The number of hydrogen-bond donors (Lipinski definition) is 3. The molecule has 0 saturated carbocycles. The summed E-state index contributed by atoms with van der Waals surface area (Å²) in [4.78, 5) is 24.6. The van der Waals surface area contributed by atoms with E-state index in [-0.39, 0.29) is 18.5 Å². The molecule has 1 amide bonds. The van der Waals surface area contributed by atoms with Gasteiger partial charge < -0.3 is 20.3 Å². The van der Waals surface area contributed by atoms with Crippen molar-refractivity contribution < 1.29 is 24.5 Å². The zero-order valence-electron chi connectivity index (χ0n) is 58.6. The molecule has 0 radical (unpaired) electrons. The van der Waals surface area contributed by atoms with E-state index in [1.807, 2.05) is 0 Å². The van der Waals surface area contributed by atoms with Crippen molar-refractivity contribution in [3.05, 3.63) is 24.3 Å². The highest BCUT2D eigenvalue weighted by atomic mass is 16.5. The summed E-state index contributed by atoms with van der Waals surface area (Å²) in [5.41, 5.74) is 0. The molecule has 0 heterocycles. The minimum Gasteiger partial charge on any atom is -0.466 e. The van der Waals surface area contributed by atoms with Crippen molar-refractivity contribution in [1.29, 1.82) is 0 Å². The first-order chi connectivity index (χ1) is 42.5. The first-order valence-corrected chi connectivity index (χ1v) is 39.6. The Balaban J connectivity index is 3.29. The Hall–Kier alpha value is -1.66. The predicted octanol–water partition coefficient (Wildman–Crippen LogP) is 26.0. The van der Waals surface area contributed by atoms with Gasteiger partial charge in [0.05, 0.1) is 25.4 Å². The number of aliphatic hydroxyl groups is 2. The highest BCUT2D eigenvalue weighted by molar-refractivity contribution is 5.76. The van der Waals surface area contributed by atoms with Gasteiger partial charge in [-0.2, -0.15) is 0 Å². The molecule has 0 aromatic heterocycles. The average Bonchev–Trinajstić information content (AvgIpc) is 3.55. The van der Waals surface area contributed by atoms with Crippen LogP contribution in [0.3, 0.4) is 0 Å². The van der Waals surface area contributed by atoms with Crippen molar-refractivity contribution >= 4 is 11.9 Å². The maximum Gasteiger partial charge on any atom is 0.305 e. The highest BCUT2D eigenvalue weighted by Crippen LogP contribution is 2.20. The van der Waals surface area contributed by atoms with Gasteiger partial charge in [0.1, 0.15) is 0 Å². The van der Waals surface area contributed by atoms with E-state index in [1.54, 1.807) is 0 Å². The Bertz CT molecular complexity index is 1350. The molecule has 0 fully saturated rings. The van der Waals surface area contributed by atoms with E-state index in [2.05, 4.69) is 43.5 Å². The second-order valence-corrected chi connectivity index (χ2v) is 27.4. The third-order valence-electron chi connectivity index (χ3n) is 18.8. The van der Waals surface area contributed by atoms with Crippen molar-refractivity contribution in [3.63, 3.8) is 0 Å². The third-order valence-corrected chi connectivity index (χ3v) is 18.8. The molecule has 0 rings (SSSR count). The van der Waals surface area contributed by atoms with E-state index in [0.29, 0.717) is 25.9 Å². The molecule has 0 aromatic rings. The smallest absolute Gasteiger partial charge is 0.305 e. The summed E-state index contributed by atoms with van der Waals surface area (Å²) in [5, 5.41) is 23.4. The van der Waals surface area contributed by atoms with Crippen molar-refractivity contribution in [2.24, 2.45) is 0 Å². The molecule has 86 heavy (non-hydrogen) atoms. The zero-order chi connectivity index (χ0) is 62.0. The van der Waals surface area contributed by atoms with Gasteiger partial charge in [0.2, 0.25) is 5.91 Å². The van der Waals surface area contributed by atoms with Gasteiger partial charge in [-0.15, -0.1) is 0 Å².